The average molecular weight is 403 g/mol. The lowest BCUT2D eigenvalue weighted by molar-refractivity contribution is 0.459. The summed E-state index contributed by atoms with van der Waals surface area (Å²) < 4.78 is 40.0. The van der Waals surface area contributed by atoms with Gasteiger partial charge in [-0.1, -0.05) is 44.8 Å². The van der Waals surface area contributed by atoms with Gasteiger partial charge >= 0.3 is 0 Å². The second kappa shape index (κ2) is 6.45. The SMILES string of the molecule is CCC(CBr)(CBr)NS(=O)(=O)c1cccc(F)c1. The Bertz CT molecular complexity index is 495. The molecule has 7 heteroatoms. The van der Waals surface area contributed by atoms with E-state index in [4.69, 9.17) is 0 Å². The van der Waals surface area contributed by atoms with Crippen LogP contribution in [-0.2, 0) is 10.0 Å². The maximum absolute atomic E-state index is 13.1. The number of sulfonamides is 1. The Morgan fingerprint density at radius 1 is 1.33 bits per heavy atom. The van der Waals surface area contributed by atoms with Crippen molar-refractivity contribution >= 4 is 41.9 Å². The number of rotatable bonds is 6. The maximum atomic E-state index is 13.1. The molecule has 0 bridgehead atoms. The highest BCUT2D eigenvalue weighted by molar-refractivity contribution is 9.09. The smallest absolute Gasteiger partial charge is 0.207 e. The van der Waals surface area contributed by atoms with Gasteiger partial charge < -0.3 is 0 Å². The third kappa shape index (κ3) is 3.76. The van der Waals surface area contributed by atoms with Crippen molar-refractivity contribution in [3.8, 4) is 0 Å². The van der Waals surface area contributed by atoms with Crippen LogP contribution >= 0.6 is 31.9 Å². The average Bonchev–Trinajstić information content (AvgIpc) is 2.36. The molecule has 0 atom stereocenters. The second-order valence-electron chi connectivity index (χ2n) is 3.96. The monoisotopic (exact) mass is 401 g/mol. The molecule has 0 unspecified atom stereocenters. The summed E-state index contributed by atoms with van der Waals surface area (Å²) in [5.74, 6) is -0.572. The van der Waals surface area contributed by atoms with E-state index in [-0.39, 0.29) is 4.90 Å². The van der Waals surface area contributed by atoms with Crippen molar-refractivity contribution in [2.45, 2.75) is 23.8 Å². The largest absolute Gasteiger partial charge is 0.241 e. The summed E-state index contributed by atoms with van der Waals surface area (Å²) in [6.45, 7) is 1.89. The third-order valence-corrected chi connectivity index (χ3v) is 6.37. The van der Waals surface area contributed by atoms with E-state index in [1.165, 1.54) is 18.2 Å². The summed E-state index contributed by atoms with van der Waals surface area (Å²) >= 11 is 6.60. The minimum absolute atomic E-state index is 0.0674. The van der Waals surface area contributed by atoms with E-state index in [1.54, 1.807) is 0 Å². The van der Waals surface area contributed by atoms with Gasteiger partial charge in [0.15, 0.2) is 0 Å². The normalized spacial score (nSPS) is 12.7. The van der Waals surface area contributed by atoms with E-state index in [0.717, 1.165) is 6.07 Å². The molecule has 1 aromatic carbocycles. The summed E-state index contributed by atoms with van der Waals surface area (Å²) in [7, 11) is -3.73. The van der Waals surface area contributed by atoms with E-state index in [2.05, 4.69) is 36.6 Å². The first-order valence-corrected chi connectivity index (χ1v) is 9.03. The summed E-state index contributed by atoms with van der Waals surface area (Å²) in [5.41, 5.74) is -0.620. The molecule has 102 valence electrons. The zero-order valence-electron chi connectivity index (χ0n) is 9.79. The lowest BCUT2D eigenvalue weighted by Crippen LogP contribution is -2.50. The highest BCUT2D eigenvalue weighted by Crippen LogP contribution is 2.21. The summed E-state index contributed by atoms with van der Waals surface area (Å²) in [4.78, 5) is -0.0674. The van der Waals surface area contributed by atoms with Crippen molar-refractivity contribution in [1.29, 1.82) is 0 Å². The van der Waals surface area contributed by atoms with Crippen LogP contribution in [0.15, 0.2) is 29.2 Å². The molecule has 1 N–H and O–H groups in total. The number of alkyl halides is 2. The van der Waals surface area contributed by atoms with Gasteiger partial charge in [0.2, 0.25) is 10.0 Å². The maximum Gasteiger partial charge on any atom is 0.241 e. The van der Waals surface area contributed by atoms with Gasteiger partial charge in [0.05, 0.1) is 10.4 Å². The fourth-order valence-corrected chi connectivity index (χ4v) is 5.20. The Kier molecular flexibility index (Phi) is 5.76. The van der Waals surface area contributed by atoms with E-state index < -0.39 is 21.4 Å². The minimum Gasteiger partial charge on any atom is -0.207 e. The van der Waals surface area contributed by atoms with Gasteiger partial charge in [-0.15, -0.1) is 0 Å². The third-order valence-electron chi connectivity index (χ3n) is 2.65. The zero-order chi connectivity index (χ0) is 13.8. The first-order chi connectivity index (χ1) is 8.39. The van der Waals surface area contributed by atoms with Crippen LogP contribution in [0.2, 0.25) is 0 Å². The zero-order valence-corrected chi connectivity index (χ0v) is 13.8. The molecule has 0 radical (unpaired) electrons. The summed E-state index contributed by atoms with van der Waals surface area (Å²) in [5, 5.41) is 0.937. The van der Waals surface area contributed by atoms with Gasteiger partial charge in [0.1, 0.15) is 5.82 Å². The van der Waals surface area contributed by atoms with E-state index in [0.29, 0.717) is 17.1 Å². The van der Waals surface area contributed by atoms with E-state index in [9.17, 15) is 12.8 Å². The van der Waals surface area contributed by atoms with Crippen molar-refractivity contribution in [3.63, 3.8) is 0 Å². The Hall–Kier alpha value is 0.0200. The van der Waals surface area contributed by atoms with Gasteiger partial charge in [-0.25, -0.2) is 17.5 Å². The standard InChI is InChI=1S/C11H14Br2FNO2S/c1-2-11(7-12,8-13)15-18(16,17)10-5-3-4-9(14)6-10/h3-6,15H,2,7-8H2,1H3. The van der Waals surface area contributed by atoms with Crippen LogP contribution in [0.3, 0.4) is 0 Å². The number of halogens is 3. The van der Waals surface area contributed by atoms with Gasteiger partial charge in [0, 0.05) is 10.7 Å². The number of hydrogen-bond donors (Lipinski definition) is 1. The first-order valence-electron chi connectivity index (χ1n) is 5.30. The minimum atomic E-state index is -3.73. The molecule has 0 aromatic heterocycles. The molecule has 0 aliphatic rings. The fraction of sp³-hybridized carbons (Fsp3) is 0.455. The highest BCUT2D eigenvalue weighted by atomic mass is 79.9. The quantitative estimate of drug-likeness (QED) is 0.743. The molecule has 0 heterocycles. The van der Waals surface area contributed by atoms with E-state index >= 15 is 0 Å². The molecule has 0 aliphatic carbocycles. The summed E-state index contributed by atoms with van der Waals surface area (Å²) in [6.07, 6.45) is 0.609. The Morgan fingerprint density at radius 2 is 1.94 bits per heavy atom. The molecule has 0 fully saturated rings. The van der Waals surface area contributed by atoms with Crippen LogP contribution in [0.25, 0.3) is 0 Å². The molecule has 0 spiro atoms. The Balaban J connectivity index is 3.08. The number of hydrogen-bond acceptors (Lipinski definition) is 2. The van der Waals surface area contributed by atoms with Crippen molar-refractivity contribution in [1.82, 2.24) is 4.72 Å². The van der Waals surface area contributed by atoms with Gasteiger partial charge in [0.25, 0.3) is 0 Å². The van der Waals surface area contributed by atoms with Gasteiger partial charge in [-0.3, -0.25) is 0 Å². The second-order valence-corrected chi connectivity index (χ2v) is 6.77. The lowest BCUT2D eigenvalue weighted by atomic mass is 10.0. The van der Waals surface area contributed by atoms with Crippen LogP contribution in [0.5, 0.6) is 0 Å². The summed E-state index contributed by atoms with van der Waals surface area (Å²) in [6, 6.07) is 4.96. The molecule has 0 aliphatic heterocycles. The van der Waals surface area contributed by atoms with Gasteiger partial charge in [-0.05, 0) is 24.6 Å². The molecule has 0 amide bonds. The Morgan fingerprint density at radius 3 is 2.39 bits per heavy atom. The molecule has 18 heavy (non-hydrogen) atoms. The van der Waals surface area contributed by atoms with Crippen LogP contribution in [0.1, 0.15) is 13.3 Å². The van der Waals surface area contributed by atoms with Crippen molar-refractivity contribution < 1.29 is 12.8 Å². The van der Waals surface area contributed by atoms with Gasteiger partial charge in [-0.2, -0.15) is 0 Å². The first kappa shape index (κ1) is 16.1. The van der Waals surface area contributed by atoms with Crippen LogP contribution < -0.4 is 4.72 Å². The molecule has 0 saturated heterocycles. The van der Waals surface area contributed by atoms with E-state index in [1.807, 2.05) is 6.92 Å². The van der Waals surface area contributed by atoms with Crippen LogP contribution in [0.4, 0.5) is 4.39 Å². The molecular formula is C11H14Br2FNO2S. The highest BCUT2D eigenvalue weighted by Gasteiger charge is 2.31. The van der Waals surface area contributed by atoms with Crippen LogP contribution in [-0.4, -0.2) is 24.6 Å². The molecule has 1 rings (SSSR count). The van der Waals surface area contributed by atoms with Crippen molar-refractivity contribution in [3.05, 3.63) is 30.1 Å². The number of nitrogens with one attached hydrogen (secondary N) is 1. The van der Waals surface area contributed by atoms with Crippen LogP contribution in [0, 0.1) is 5.82 Å². The molecule has 0 saturated carbocycles. The van der Waals surface area contributed by atoms with Crippen molar-refractivity contribution in [2.75, 3.05) is 10.7 Å². The topological polar surface area (TPSA) is 46.2 Å². The predicted molar refractivity (Wildman–Crippen MR) is 77.3 cm³/mol. The molecular weight excluding hydrogens is 389 g/mol. The Labute approximate surface area is 123 Å². The predicted octanol–water partition coefficient (Wildman–Crippen LogP) is 3.04. The number of benzene rings is 1. The van der Waals surface area contributed by atoms with Crippen molar-refractivity contribution in [2.24, 2.45) is 0 Å². The molecule has 3 nitrogen and oxygen atoms in total. The molecule has 1 aromatic rings. The lowest BCUT2D eigenvalue weighted by Gasteiger charge is -2.29. The fourth-order valence-electron chi connectivity index (χ4n) is 1.33.